The van der Waals surface area contributed by atoms with E-state index in [0.29, 0.717) is 6.54 Å². The van der Waals surface area contributed by atoms with E-state index in [2.05, 4.69) is 41.9 Å². The SMILES string of the molecule is CCCCC(CN)(c1cccs1)c1cccs1. The second kappa shape index (κ2) is 5.80. The van der Waals surface area contributed by atoms with Crippen LogP contribution in [0.1, 0.15) is 35.9 Å². The van der Waals surface area contributed by atoms with Crippen LogP contribution in [0.5, 0.6) is 0 Å². The van der Waals surface area contributed by atoms with Gasteiger partial charge in [0, 0.05) is 16.3 Å². The third-order valence-electron chi connectivity index (χ3n) is 3.29. The monoisotopic (exact) mass is 265 g/mol. The maximum Gasteiger partial charge on any atom is 0.0512 e. The molecule has 0 fully saturated rings. The highest BCUT2D eigenvalue weighted by Gasteiger charge is 2.34. The Morgan fingerprint density at radius 1 is 1.12 bits per heavy atom. The van der Waals surface area contributed by atoms with E-state index >= 15 is 0 Å². The molecule has 92 valence electrons. The molecule has 2 aromatic rings. The van der Waals surface area contributed by atoms with E-state index in [1.54, 1.807) is 0 Å². The van der Waals surface area contributed by atoms with Crippen molar-refractivity contribution in [2.45, 2.75) is 31.6 Å². The molecular weight excluding hydrogens is 246 g/mol. The molecule has 0 unspecified atom stereocenters. The summed E-state index contributed by atoms with van der Waals surface area (Å²) in [6.07, 6.45) is 3.60. The Hall–Kier alpha value is -0.640. The highest BCUT2D eigenvalue weighted by atomic mass is 32.1. The standard InChI is InChI=1S/C14H19NS2/c1-2-3-8-14(11-15,12-6-4-9-16-12)13-7-5-10-17-13/h4-7,9-10H,2-3,8,11,15H2,1H3. The number of nitrogens with two attached hydrogens (primary N) is 1. The van der Waals surface area contributed by atoms with Gasteiger partial charge in [0.2, 0.25) is 0 Å². The van der Waals surface area contributed by atoms with E-state index < -0.39 is 0 Å². The largest absolute Gasteiger partial charge is 0.329 e. The van der Waals surface area contributed by atoms with Gasteiger partial charge in [-0.15, -0.1) is 22.7 Å². The number of hydrogen-bond donors (Lipinski definition) is 1. The molecule has 1 nitrogen and oxygen atoms in total. The Bertz CT molecular complexity index is 383. The van der Waals surface area contributed by atoms with Gasteiger partial charge in [0.1, 0.15) is 0 Å². The van der Waals surface area contributed by atoms with Crippen molar-refractivity contribution in [3.63, 3.8) is 0 Å². The minimum absolute atomic E-state index is 0.0539. The first kappa shape index (κ1) is 12.8. The van der Waals surface area contributed by atoms with E-state index in [1.807, 2.05) is 22.7 Å². The Balaban J connectivity index is 2.40. The molecule has 0 aliphatic heterocycles. The van der Waals surface area contributed by atoms with Gasteiger partial charge in [0.15, 0.2) is 0 Å². The Labute approximate surface area is 111 Å². The molecule has 2 N–H and O–H groups in total. The quantitative estimate of drug-likeness (QED) is 0.830. The summed E-state index contributed by atoms with van der Waals surface area (Å²) < 4.78 is 0. The summed E-state index contributed by atoms with van der Waals surface area (Å²) in [5, 5.41) is 4.30. The second-order valence-corrected chi connectivity index (χ2v) is 6.24. The van der Waals surface area contributed by atoms with Gasteiger partial charge in [-0.1, -0.05) is 31.9 Å². The fourth-order valence-electron chi connectivity index (χ4n) is 2.25. The van der Waals surface area contributed by atoms with Crippen LogP contribution in [0.15, 0.2) is 35.0 Å². The second-order valence-electron chi connectivity index (χ2n) is 4.34. The van der Waals surface area contributed by atoms with Gasteiger partial charge in [-0.2, -0.15) is 0 Å². The first-order valence-corrected chi connectivity index (χ1v) is 7.87. The van der Waals surface area contributed by atoms with Crippen molar-refractivity contribution in [2.75, 3.05) is 6.54 Å². The maximum absolute atomic E-state index is 6.14. The number of thiophene rings is 2. The molecule has 2 aromatic heterocycles. The Kier molecular flexibility index (Phi) is 4.37. The molecule has 0 spiro atoms. The van der Waals surface area contributed by atoms with Crippen LogP contribution in [-0.4, -0.2) is 6.54 Å². The van der Waals surface area contributed by atoms with E-state index in [-0.39, 0.29) is 5.41 Å². The van der Waals surface area contributed by atoms with E-state index in [1.165, 1.54) is 22.6 Å². The van der Waals surface area contributed by atoms with Gasteiger partial charge in [-0.3, -0.25) is 0 Å². The summed E-state index contributed by atoms with van der Waals surface area (Å²) in [7, 11) is 0. The fraction of sp³-hybridized carbons (Fsp3) is 0.429. The van der Waals surface area contributed by atoms with Crippen molar-refractivity contribution in [1.82, 2.24) is 0 Å². The zero-order valence-corrected chi connectivity index (χ0v) is 11.8. The zero-order chi connectivity index (χ0) is 12.1. The molecule has 17 heavy (non-hydrogen) atoms. The number of rotatable bonds is 6. The molecule has 0 amide bonds. The van der Waals surface area contributed by atoms with Gasteiger partial charge in [0.25, 0.3) is 0 Å². The number of unbranched alkanes of at least 4 members (excludes halogenated alkanes) is 1. The molecule has 0 aliphatic rings. The summed E-state index contributed by atoms with van der Waals surface area (Å²) in [5.74, 6) is 0. The van der Waals surface area contributed by atoms with Crippen molar-refractivity contribution in [3.05, 3.63) is 44.8 Å². The highest BCUT2D eigenvalue weighted by molar-refractivity contribution is 7.11. The molecule has 3 heteroatoms. The lowest BCUT2D eigenvalue weighted by Gasteiger charge is -2.30. The molecule has 0 bridgehead atoms. The first-order valence-electron chi connectivity index (χ1n) is 6.11. The summed E-state index contributed by atoms with van der Waals surface area (Å²) >= 11 is 3.66. The average molecular weight is 265 g/mol. The van der Waals surface area contributed by atoms with Gasteiger partial charge in [0.05, 0.1) is 5.41 Å². The minimum atomic E-state index is 0.0539. The molecule has 2 rings (SSSR count). The fourth-order valence-corrected chi connectivity index (χ4v) is 4.28. The molecule has 0 aliphatic carbocycles. The molecule has 0 atom stereocenters. The molecular formula is C14H19NS2. The van der Waals surface area contributed by atoms with Crippen LogP contribution >= 0.6 is 22.7 Å². The predicted octanol–water partition coefficient (Wildman–Crippen LogP) is 4.24. The lowest BCUT2D eigenvalue weighted by molar-refractivity contribution is 0.477. The molecule has 0 saturated heterocycles. The van der Waals surface area contributed by atoms with E-state index in [4.69, 9.17) is 5.73 Å². The lowest BCUT2D eigenvalue weighted by atomic mass is 9.80. The van der Waals surface area contributed by atoms with Crippen LogP contribution in [0.3, 0.4) is 0 Å². The smallest absolute Gasteiger partial charge is 0.0512 e. The van der Waals surface area contributed by atoms with E-state index in [9.17, 15) is 0 Å². The minimum Gasteiger partial charge on any atom is -0.329 e. The topological polar surface area (TPSA) is 26.0 Å². The third-order valence-corrected chi connectivity index (χ3v) is 5.44. The van der Waals surface area contributed by atoms with Crippen LogP contribution in [0.25, 0.3) is 0 Å². The molecule has 0 saturated carbocycles. The Morgan fingerprint density at radius 3 is 2.06 bits per heavy atom. The van der Waals surface area contributed by atoms with Crippen molar-refractivity contribution < 1.29 is 0 Å². The highest BCUT2D eigenvalue weighted by Crippen LogP contribution is 2.40. The third kappa shape index (κ3) is 2.46. The van der Waals surface area contributed by atoms with Gasteiger partial charge in [-0.05, 0) is 29.3 Å². The molecule has 0 aromatic carbocycles. The summed E-state index contributed by atoms with van der Waals surface area (Å²) in [5.41, 5.74) is 6.20. The van der Waals surface area contributed by atoms with Crippen LogP contribution < -0.4 is 5.73 Å². The summed E-state index contributed by atoms with van der Waals surface area (Å²) in [4.78, 5) is 2.83. The Morgan fingerprint density at radius 2 is 1.71 bits per heavy atom. The van der Waals surface area contributed by atoms with Crippen molar-refractivity contribution >= 4 is 22.7 Å². The van der Waals surface area contributed by atoms with Crippen molar-refractivity contribution in [2.24, 2.45) is 5.73 Å². The molecule has 0 radical (unpaired) electrons. The normalized spacial score (nSPS) is 11.9. The summed E-state index contributed by atoms with van der Waals surface area (Å²) in [6.45, 7) is 2.94. The van der Waals surface area contributed by atoms with Crippen LogP contribution in [0, 0.1) is 0 Å². The van der Waals surface area contributed by atoms with Crippen LogP contribution in [-0.2, 0) is 5.41 Å². The van der Waals surface area contributed by atoms with Crippen molar-refractivity contribution in [1.29, 1.82) is 0 Å². The van der Waals surface area contributed by atoms with Gasteiger partial charge < -0.3 is 5.73 Å². The van der Waals surface area contributed by atoms with Crippen molar-refractivity contribution in [3.8, 4) is 0 Å². The first-order chi connectivity index (χ1) is 8.33. The predicted molar refractivity (Wildman–Crippen MR) is 78.0 cm³/mol. The maximum atomic E-state index is 6.14. The summed E-state index contributed by atoms with van der Waals surface area (Å²) in [6, 6.07) is 8.72. The van der Waals surface area contributed by atoms with Crippen LogP contribution in [0.2, 0.25) is 0 Å². The van der Waals surface area contributed by atoms with Crippen LogP contribution in [0.4, 0.5) is 0 Å². The number of hydrogen-bond acceptors (Lipinski definition) is 3. The molecule has 2 heterocycles. The zero-order valence-electron chi connectivity index (χ0n) is 10.2. The van der Waals surface area contributed by atoms with Gasteiger partial charge >= 0.3 is 0 Å². The lowest BCUT2D eigenvalue weighted by Crippen LogP contribution is -2.34. The van der Waals surface area contributed by atoms with E-state index in [0.717, 1.165) is 6.42 Å². The van der Waals surface area contributed by atoms with Gasteiger partial charge in [-0.25, -0.2) is 0 Å². The average Bonchev–Trinajstić information content (AvgIpc) is 3.04.